The average Bonchev–Trinajstić information content (AvgIpc) is 3.39. The van der Waals surface area contributed by atoms with Gasteiger partial charge in [0.1, 0.15) is 11.4 Å². The van der Waals surface area contributed by atoms with E-state index < -0.39 is 0 Å². The third-order valence-electron chi connectivity index (χ3n) is 6.26. The van der Waals surface area contributed by atoms with Crippen LogP contribution in [-0.2, 0) is 11.8 Å². The monoisotopic (exact) mass is 512 g/mol. The number of benzene rings is 2. The van der Waals surface area contributed by atoms with Crippen molar-refractivity contribution >= 4 is 17.5 Å². The SMILES string of the molecule is COc1ccc(C(C)(C)C)cc1C(=O)Nc1ccc(C)c(-c2cc(C(=O)NCCc3ccncc3)on2)c1. The van der Waals surface area contributed by atoms with Crippen LogP contribution in [0, 0.1) is 6.92 Å². The molecule has 0 unspecified atom stereocenters. The van der Waals surface area contributed by atoms with Gasteiger partial charge in [-0.05, 0) is 71.8 Å². The molecule has 4 rings (SSSR count). The number of aryl methyl sites for hydroxylation is 1. The second-order valence-corrected chi connectivity index (χ2v) is 10.1. The van der Waals surface area contributed by atoms with Crippen molar-refractivity contribution in [1.29, 1.82) is 0 Å². The van der Waals surface area contributed by atoms with Gasteiger partial charge in [0.05, 0.1) is 12.7 Å². The second kappa shape index (κ2) is 11.3. The van der Waals surface area contributed by atoms with E-state index in [9.17, 15) is 9.59 Å². The summed E-state index contributed by atoms with van der Waals surface area (Å²) in [5.74, 6) is -0.00543. The number of pyridine rings is 1. The molecule has 0 aliphatic heterocycles. The zero-order valence-electron chi connectivity index (χ0n) is 22.3. The van der Waals surface area contributed by atoms with Crippen LogP contribution in [0.3, 0.4) is 0 Å². The number of carbonyl (C=O) groups is 2. The van der Waals surface area contributed by atoms with E-state index in [-0.39, 0.29) is 23.0 Å². The Balaban J connectivity index is 1.48. The maximum absolute atomic E-state index is 13.2. The van der Waals surface area contributed by atoms with Crippen LogP contribution < -0.4 is 15.4 Å². The van der Waals surface area contributed by atoms with E-state index in [4.69, 9.17) is 9.26 Å². The predicted molar refractivity (Wildman–Crippen MR) is 147 cm³/mol. The van der Waals surface area contributed by atoms with Gasteiger partial charge in [0, 0.05) is 36.3 Å². The number of methoxy groups -OCH3 is 1. The van der Waals surface area contributed by atoms with Crippen LogP contribution >= 0.6 is 0 Å². The Morgan fingerprint density at radius 1 is 0.974 bits per heavy atom. The summed E-state index contributed by atoms with van der Waals surface area (Å²) in [6.07, 6.45) is 4.12. The Labute approximate surface area is 222 Å². The van der Waals surface area contributed by atoms with E-state index in [1.807, 2.05) is 55.5 Å². The molecule has 0 radical (unpaired) electrons. The summed E-state index contributed by atoms with van der Waals surface area (Å²) in [5, 5.41) is 9.91. The number of nitrogens with zero attached hydrogens (tertiary/aromatic N) is 2. The lowest BCUT2D eigenvalue weighted by Gasteiger charge is -2.21. The van der Waals surface area contributed by atoms with Crippen LogP contribution in [0.1, 0.15) is 58.4 Å². The van der Waals surface area contributed by atoms with Gasteiger partial charge in [-0.1, -0.05) is 38.1 Å². The predicted octanol–water partition coefficient (Wildman–Crippen LogP) is 5.58. The fourth-order valence-electron chi connectivity index (χ4n) is 3.99. The Kier molecular flexibility index (Phi) is 7.90. The Morgan fingerprint density at radius 2 is 1.74 bits per heavy atom. The minimum Gasteiger partial charge on any atom is -0.496 e. The lowest BCUT2D eigenvalue weighted by atomic mass is 9.86. The van der Waals surface area contributed by atoms with Crippen LogP contribution in [-0.4, -0.2) is 35.6 Å². The maximum Gasteiger partial charge on any atom is 0.289 e. The molecule has 2 heterocycles. The third kappa shape index (κ3) is 6.26. The molecular weight excluding hydrogens is 480 g/mol. The number of anilines is 1. The van der Waals surface area contributed by atoms with Gasteiger partial charge >= 0.3 is 0 Å². The molecule has 4 aromatic rings. The van der Waals surface area contributed by atoms with Crippen LogP contribution in [0.4, 0.5) is 5.69 Å². The molecule has 0 saturated carbocycles. The molecule has 8 nitrogen and oxygen atoms in total. The number of ether oxygens (including phenoxy) is 1. The summed E-state index contributed by atoms with van der Waals surface area (Å²) < 4.78 is 10.8. The van der Waals surface area contributed by atoms with Crippen LogP contribution in [0.5, 0.6) is 5.75 Å². The lowest BCUT2D eigenvalue weighted by molar-refractivity contribution is 0.0916. The summed E-state index contributed by atoms with van der Waals surface area (Å²) in [5.41, 5.74) is 5.21. The molecule has 0 saturated heterocycles. The van der Waals surface area contributed by atoms with Crippen molar-refractivity contribution < 1.29 is 18.8 Å². The number of carbonyl (C=O) groups excluding carboxylic acids is 2. The zero-order valence-corrected chi connectivity index (χ0v) is 22.3. The first-order valence-electron chi connectivity index (χ1n) is 12.4. The van der Waals surface area contributed by atoms with Gasteiger partial charge in [-0.15, -0.1) is 0 Å². The fourth-order valence-corrected chi connectivity index (χ4v) is 3.99. The summed E-state index contributed by atoms with van der Waals surface area (Å²) >= 11 is 0. The van der Waals surface area contributed by atoms with Gasteiger partial charge in [0.25, 0.3) is 11.8 Å². The fraction of sp³-hybridized carbons (Fsp3) is 0.267. The number of hydrogen-bond acceptors (Lipinski definition) is 6. The number of nitrogens with one attached hydrogen (secondary N) is 2. The van der Waals surface area contributed by atoms with Crippen molar-refractivity contribution in [3.63, 3.8) is 0 Å². The molecular formula is C30H32N4O4. The van der Waals surface area contributed by atoms with Crippen molar-refractivity contribution in [3.8, 4) is 17.0 Å². The molecule has 0 atom stereocenters. The molecule has 8 heteroatoms. The topological polar surface area (TPSA) is 106 Å². The first-order chi connectivity index (χ1) is 18.2. The van der Waals surface area contributed by atoms with Crippen molar-refractivity contribution in [3.05, 3.63) is 95.0 Å². The van der Waals surface area contributed by atoms with E-state index in [0.29, 0.717) is 35.7 Å². The highest BCUT2D eigenvalue weighted by Gasteiger charge is 2.20. The molecule has 0 bridgehead atoms. The van der Waals surface area contributed by atoms with Gasteiger partial charge < -0.3 is 19.9 Å². The van der Waals surface area contributed by atoms with Gasteiger partial charge in [-0.25, -0.2) is 0 Å². The highest BCUT2D eigenvalue weighted by atomic mass is 16.5. The highest BCUT2D eigenvalue weighted by molar-refractivity contribution is 6.06. The first kappa shape index (κ1) is 26.6. The van der Waals surface area contributed by atoms with E-state index in [1.54, 1.807) is 25.6 Å². The smallest absolute Gasteiger partial charge is 0.289 e. The standard InChI is InChI=1S/C30H32N4O4/c1-19-6-8-22(33-28(35)24-16-21(30(2,3)4)7-9-26(24)37-5)17-23(19)25-18-27(38-34-25)29(36)32-15-12-20-10-13-31-14-11-20/h6-11,13-14,16-18H,12,15H2,1-5H3,(H,32,36)(H,33,35). The molecule has 0 aliphatic carbocycles. The molecule has 2 aromatic carbocycles. The van der Waals surface area contributed by atoms with Crippen molar-refractivity contribution in [2.45, 2.75) is 39.5 Å². The third-order valence-corrected chi connectivity index (χ3v) is 6.26. The Hall–Kier alpha value is -4.46. The molecule has 2 N–H and O–H groups in total. The molecule has 38 heavy (non-hydrogen) atoms. The largest absolute Gasteiger partial charge is 0.496 e. The summed E-state index contributed by atoms with van der Waals surface area (Å²) in [7, 11) is 1.55. The van der Waals surface area contributed by atoms with E-state index >= 15 is 0 Å². The summed E-state index contributed by atoms with van der Waals surface area (Å²) in [4.78, 5) is 29.8. The first-order valence-corrected chi connectivity index (χ1v) is 12.4. The Bertz CT molecular complexity index is 1440. The van der Waals surface area contributed by atoms with Gasteiger partial charge in [0.2, 0.25) is 5.76 Å². The molecule has 0 fully saturated rings. The Morgan fingerprint density at radius 3 is 2.45 bits per heavy atom. The van der Waals surface area contributed by atoms with Crippen molar-refractivity contribution in [1.82, 2.24) is 15.5 Å². The number of hydrogen-bond donors (Lipinski definition) is 2. The average molecular weight is 513 g/mol. The lowest BCUT2D eigenvalue weighted by Crippen LogP contribution is -2.25. The molecule has 2 aromatic heterocycles. The summed E-state index contributed by atoms with van der Waals surface area (Å²) in [6.45, 7) is 8.67. The second-order valence-electron chi connectivity index (χ2n) is 10.1. The quantitative estimate of drug-likeness (QED) is 0.319. The molecule has 0 spiro atoms. The number of aromatic nitrogens is 2. The van der Waals surface area contributed by atoms with Crippen molar-refractivity contribution in [2.75, 3.05) is 19.0 Å². The summed E-state index contributed by atoms with van der Waals surface area (Å²) in [6, 6.07) is 16.6. The zero-order chi connectivity index (χ0) is 27.3. The van der Waals surface area contributed by atoms with Crippen molar-refractivity contribution in [2.24, 2.45) is 0 Å². The minimum atomic E-state index is -0.342. The van der Waals surface area contributed by atoms with Crippen LogP contribution in [0.25, 0.3) is 11.3 Å². The van der Waals surface area contributed by atoms with Gasteiger partial charge in [-0.3, -0.25) is 14.6 Å². The van der Waals surface area contributed by atoms with Crippen LogP contribution in [0.2, 0.25) is 0 Å². The van der Waals surface area contributed by atoms with E-state index in [2.05, 4.69) is 41.5 Å². The highest BCUT2D eigenvalue weighted by Crippen LogP contribution is 2.30. The molecule has 0 aliphatic rings. The minimum absolute atomic E-state index is 0.117. The number of rotatable bonds is 8. The normalized spacial score (nSPS) is 11.2. The van der Waals surface area contributed by atoms with Gasteiger partial charge in [-0.2, -0.15) is 0 Å². The van der Waals surface area contributed by atoms with Crippen LogP contribution in [0.15, 0.2) is 71.5 Å². The molecule has 196 valence electrons. The maximum atomic E-state index is 13.2. The van der Waals surface area contributed by atoms with E-state index in [0.717, 1.165) is 22.3 Å². The van der Waals surface area contributed by atoms with Gasteiger partial charge in [0.15, 0.2) is 0 Å². The molecule has 2 amide bonds. The van der Waals surface area contributed by atoms with E-state index in [1.165, 1.54) is 0 Å². The number of amides is 2.